The van der Waals surface area contributed by atoms with E-state index < -0.39 is 0 Å². The number of carbonyl (C=O) groups is 3. The van der Waals surface area contributed by atoms with Gasteiger partial charge in [-0.05, 0) is 24.3 Å². The normalized spacial score (nSPS) is 9.43. The molecule has 0 radical (unpaired) electrons. The molecule has 2 heterocycles. The second-order valence-electron chi connectivity index (χ2n) is 3.76. The van der Waals surface area contributed by atoms with Gasteiger partial charge < -0.3 is 13.6 Å². The number of ether oxygens (including phenoxy) is 1. The minimum atomic E-state index is -0.376. The predicted molar refractivity (Wildman–Crippen MR) is 73.2 cm³/mol. The van der Waals surface area contributed by atoms with Crippen molar-refractivity contribution < 1.29 is 28.0 Å². The van der Waals surface area contributed by atoms with Crippen LogP contribution in [0.5, 0.6) is 0 Å². The lowest BCUT2D eigenvalue weighted by atomic mass is 10.4. The molecule has 0 N–H and O–H groups in total. The van der Waals surface area contributed by atoms with Crippen LogP contribution < -0.4 is 0 Å². The first-order valence-corrected chi connectivity index (χ1v) is 6.39. The van der Waals surface area contributed by atoms with Crippen molar-refractivity contribution in [1.29, 1.82) is 0 Å². The second-order valence-corrected chi connectivity index (χ2v) is 4.03. The number of halogens is 1. The molecule has 0 saturated heterocycles. The smallest absolute Gasteiger partial charge is 0.303 e. The Morgan fingerprint density at radius 3 is 2.00 bits per heavy atom. The van der Waals surface area contributed by atoms with Crippen LogP contribution in [0.4, 0.5) is 0 Å². The Hall–Kier alpha value is -2.34. The molecular formula is C14H13ClO6. The summed E-state index contributed by atoms with van der Waals surface area (Å²) in [6.07, 6.45) is 1.24. The minimum absolute atomic E-state index is 0.0726. The van der Waals surface area contributed by atoms with E-state index in [1.807, 2.05) is 0 Å². The highest BCUT2D eigenvalue weighted by molar-refractivity contribution is 6.16. The minimum Gasteiger partial charge on any atom is -0.458 e. The fourth-order valence-electron chi connectivity index (χ4n) is 1.24. The van der Waals surface area contributed by atoms with Crippen LogP contribution in [0.15, 0.2) is 33.1 Å². The maximum absolute atomic E-state index is 10.4. The zero-order valence-electron chi connectivity index (χ0n) is 11.2. The van der Waals surface area contributed by atoms with Gasteiger partial charge >= 0.3 is 5.97 Å². The molecule has 0 atom stereocenters. The SMILES string of the molecule is CC(=O)OCc1ccc(C=O)o1.O=Cc1ccc(CCl)o1. The zero-order valence-corrected chi connectivity index (χ0v) is 12.0. The molecule has 0 amide bonds. The third kappa shape index (κ3) is 6.09. The van der Waals surface area contributed by atoms with Crippen LogP contribution in [0.3, 0.4) is 0 Å². The second kappa shape index (κ2) is 8.76. The monoisotopic (exact) mass is 312 g/mol. The first kappa shape index (κ1) is 16.7. The van der Waals surface area contributed by atoms with Crippen LogP contribution >= 0.6 is 11.6 Å². The summed E-state index contributed by atoms with van der Waals surface area (Å²) in [5.74, 6) is 1.58. The highest BCUT2D eigenvalue weighted by atomic mass is 35.5. The molecule has 0 spiro atoms. The van der Waals surface area contributed by atoms with Gasteiger partial charge in [-0.2, -0.15) is 0 Å². The molecule has 7 heteroatoms. The molecule has 0 unspecified atom stereocenters. The maximum Gasteiger partial charge on any atom is 0.303 e. The predicted octanol–water partition coefficient (Wildman–Crippen LogP) is 2.99. The Labute approximate surface area is 125 Å². The molecule has 0 saturated carbocycles. The van der Waals surface area contributed by atoms with E-state index in [9.17, 15) is 14.4 Å². The number of carbonyl (C=O) groups excluding carboxylic acids is 3. The van der Waals surface area contributed by atoms with Crippen LogP contribution in [0.2, 0.25) is 0 Å². The fourth-order valence-corrected chi connectivity index (χ4v) is 1.38. The van der Waals surface area contributed by atoms with Gasteiger partial charge in [0, 0.05) is 6.92 Å². The van der Waals surface area contributed by atoms with Gasteiger partial charge in [0.05, 0.1) is 5.88 Å². The number of alkyl halides is 1. The lowest BCUT2D eigenvalue weighted by Crippen LogP contribution is -1.97. The Morgan fingerprint density at radius 2 is 1.62 bits per heavy atom. The van der Waals surface area contributed by atoms with E-state index in [1.54, 1.807) is 18.2 Å². The van der Waals surface area contributed by atoms with Crippen molar-refractivity contribution in [2.75, 3.05) is 0 Å². The van der Waals surface area contributed by atoms with Crippen molar-refractivity contribution >= 4 is 30.1 Å². The molecule has 6 nitrogen and oxygen atoms in total. The Bertz CT molecular complexity index is 598. The number of furan rings is 2. The van der Waals surface area contributed by atoms with Crippen LogP contribution in [0.25, 0.3) is 0 Å². The molecule has 2 aromatic rings. The summed E-state index contributed by atoms with van der Waals surface area (Å²) >= 11 is 5.39. The Morgan fingerprint density at radius 1 is 1.10 bits per heavy atom. The quantitative estimate of drug-likeness (QED) is 0.479. The third-order valence-corrected chi connectivity index (χ3v) is 2.41. The fraction of sp³-hybridized carbons (Fsp3) is 0.214. The van der Waals surface area contributed by atoms with Gasteiger partial charge in [0.15, 0.2) is 24.1 Å². The van der Waals surface area contributed by atoms with Crippen molar-refractivity contribution in [2.45, 2.75) is 19.4 Å². The highest BCUT2D eigenvalue weighted by Gasteiger charge is 2.01. The van der Waals surface area contributed by atoms with Gasteiger partial charge in [0.25, 0.3) is 0 Å². The van der Waals surface area contributed by atoms with Crippen LogP contribution in [-0.2, 0) is 22.0 Å². The lowest BCUT2D eigenvalue weighted by Gasteiger charge is -1.96. The summed E-state index contributed by atoms with van der Waals surface area (Å²) in [7, 11) is 0. The van der Waals surface area contributed by atoms with E-state index in [-0.39, 0.29) is 18.3 Å². The standard InChI is InChI=1S/C8H8O4.C6H5ClO2/c1-6(10)11-5-8-3-2-7(4-9)12-8;7-3-5-1-2-6(4-8)9-5/h2-4H,5H2,1H3;1-2,4H,3H2. The average molecular weight is 313 g/mol. The summed E-state index contributed by atoms with van der Waals surface area (Å²) in [5, 5.41) is 0. The van der Waals surface area contributed by atoms with Gasteiger partial charge in [0.1, 0.15) is 18.1 Å². The number of hydrogen-bond acceptors (Lipinski definition) is 6. The summed E-state index contributed by atoms with van der Waals surface area (Å²) in [5.41, 5.74) is 0. The molecule has 0 aliphatic carbocycles. The first-order valence-electron chi connectivity index (χ1n) is 5.86. The molecule has 2 aromatic heterocycles. The van der Waals surface area contributed by atoms with Crippen molar-refractivity contribution in [2.24, 2.45) is 0 Å². The van der Waals surface area contributed by atoms with E-state index >= 15 is 0 Å². The molecular weight excluding hydrogens is 300 g/mol. The zero-order chi connectivity index (χ0) is 15.7. The van der Waals surface area contributed by atoms with Gasteiger partial charge in [-0.15, -0.1) is 11.6 Å². The largest absolute Gasteiger partial charge is 0.458 e. The molecule has 0 aliphatic heterocycles. The lowest BCUT2D eigenvalue weighted by molar-refractivity contribution is -0.142. The van der Waals surface area contributed by atoms with Gasteiger partial charge in [0.2, 0.25) is 0 Å². The number of rotatable bonds is 5. The summed E-state index contributed by atoms with van der Waals surface area (Å²) in [4.78, 5) is 30.5. The van der Waals surface area contributed by atoms with Crippen molar-refractivity contribution in [1.82, 2.24) is 0 Å². The molecule has 112 valence electrons. The van der Waals surface area contributed by atoms with E-state index in [4.69, 9.17) is 20.4 Å². The molecule has 2 rings (SSSR count). The topological polar surface area (TPSA) is 86.7 Å². The van der Waals surface area contributed by atoms with Gasteiger partial charge in [-0.25, -0.2) is 0 Å². The van der Waals surface area contributed by atoms with Crippen LogP contribution in [-0.4, -0.2) is 18.5 Å². The molecule has 0 aliphatic rings. The summed E-state index contributed by atoms with van der Waals surface area (Å²) < 4.78 is 14.5. The van der Waals surface area contributed by atoms with Crippen LogP contribution in [0.1, 0.15) is 39.6 Å². The van der Waals surface area contributed by atoms with Crippen molar-refractivity contribution in [3.8, 4) is 0 Å². The van der Waals surface area contributed by atoms with E-state index in [0.717, 1.165) is 0 Å². The van der Waals surface area contributed by atoms with E-state index in [2.05, 4.69) is 4.74 Å². The summed E-state index contributed by atoms with van der Waals surface area (Å²) in [6.45, 7) is 1.38. The summed E-state index contributed by atoms with van der Waals surface area (Å²) in [6, 6.07) is 6.37. The average Bonchev–Trinajstić information content (AvgIpc) is 3.14. The van der Waals surface area contributed by atoms with Crippen molar-refractivity contribution in [3.05, 3.63) is 47.3 Å². The highest BCUT2D eigenvalue weighted by Crippen LogP contribution is 2.07. The maximum atomic E-state index is 10.4. The molecule has 0 bridgehead atoms. The van der Waals surface area contributed by atoms with E-state index in [0.29, 0.717) is 35.7 Å². The van der Waals surface area contributed by atoms with Crippen molar-refractivity contribution in [3.63, 3.8) is 0 Å². The molecule has 21 heavy (non-hydrogen) atoms. The van der Waals surface area contributed by atoms with Gasteiger partial charge in [-0.1, -0.05) is 0 Å². The first-order chi connectivity index (χ1) is 10.1. The van der Waals surface area contributed by atoms with E-state index in [1.165, 1.54) is 13.0 Å². The number of esters is 1. The van der Waals surface area contributed by atoms with Crippen LogP contribution in [0, 0.1) is 0 Å². The Balaban J connectivity index is 0.000000219. The Kier molecular flexibility index (Phi) is 6.97. The molecule has 0 fully saturated rings. The third-order valence-electron chi connectivity index (χ3n) is 2.15. The number of aldehydes is 2. The molecule has 0 aromatic carbocycles. The van der Waals surface area contributed by atoms with Gasteiger partial charge in [-0.3, -0.25) is 14.4 Å². The number of hydrogen-bond donors (Lipinski definition) is 0.